The summed E-state index contributed by atoms with van der Waals surface area (Å²) in [5.74, 6) is 2.58. The van der Waals surface area contributed by atoms with Crippen LogP contribution in [0.25, 0.3) is 0 Å². The highest BCUT2D eigenvalue weighted by molar-refractivity contribution is 5.57. The molecule has 6 heteroatoms. The van der Waals surface area contributed by atoms with Crippen molar-refractivity contribution in [3.63, 3.8) is 0 Å². The Morgan fingerprint density at radius 2 is 1.86 bits per heavy atom. The normalized spacial score (nSPS) is 10.6. The van der Waals surface area contributed by atoms with Crippen LogP contribution in [-0.2, 0) is 13.0 Å². The first-order valence-electron chi connectivity index (χ1n) is 7.48. The van der Waals surface area contributed by atoms with Crippen molar-refractivity contribution in [1.29, 1.82) is 0 Å². The summed E-state index contributed by atoms with van der Waals surface area (Å²) < 4.78 is 5.21. The van der Waals surface area contributed by atoms with Gasteiger partial charge in [0.05, 0.1) is 12.2 Å². The van der Waals surface area contributed by atoms with Gasteiger partial charge in [-0.15, -0.1) is 0 Å². The fourth-order valence-corrected chi connectivity index (χ4v) is 2.12. The lowest BCUT2D eigenvalue weighted by molar-refractivity contribution is 0.384. The highest BCUT2D eigenvalue weighted by Crippen LogP contribution is 2.22. The fraction of sp³-hybridized carbons (Fsp3) is 0.533. The molecule has 0 saturated carbocycles. The third kappa shape index (κ3) is 4.18. The summed E-state index contributed by atoms with van der Waals surface area (Å²) in [6.45, 7) is 7.68. The van der Waals surface area contributed by atoms with Gasteiger partial charge in [-0.3, -0.25) is 0 Å². The van der Waals surface area contributed by atoms with E-state index in [9.17, 15) is 0 Å². The Labute approximate surface area is 125 Å². The van der Waals surface area contributed by atoms with E-state index in [0.29, 0.717) is 6.54 Å². The molecule has 0 bridgehead atoms. The highest BCUT2D eigenvalue weighted by Gasteiger charge is 2.11. The van der Waals surface area contributed by atoms with Crippen LogP contribution in [0.2, 0.25) is 0 Å². The largest absolute Gasteiger partial charge is 0.370 e. The first-order valence-corrected chi connectivity index (χ1v) is 7.48. The van der Waals surface area contributed by atoms with Gasteiger partial charge in [0.1, 0.15) is 18.0 Å². The van der Waals surface area contributed by atoms with E-state index in [1.807, 2.05) is 13.0 Å². The van der Waals surface area contributed by atoms with Crippen molar-refractivity contribution in [1.82, 2.24) is 15.1 Å². The van der Waals surface area contributed by atoms with Crippen LogP contribution in [0.1, 0.15) is 43.7 Å². The van der Waals surface area contributed by atoms with Gasteiger partial charge in [0.25, 0.3) is 0 Å². The summed E-state index contributed by atoms with van der Waals surface area (Å²) in [6.07, 6.45) is 4.63. The number of aromatic nitrogens is 3. The summed E-state index contributed by atoms with van der Waals surface area (Å²) in [7, 11) is 0. The molecule has 2 aromatic rings. The van der Waals surface area contributed by atoms with Gasteiger partial charge >= 0.3 is 0 Å². The van der Waals surface area contributed by atoms with E-state index in [0.717, 1.165) is 54.5 Å². The second kappa shape index (κ2) is 7.61. The topological polar surface area (TPSA) is 75.9 Å². The minimum atomic E-state index is 0.571. The molecule has 0 atom stereocenters. The Morgan fingerprint density at radius 3 is 2.48 bits per heavy atom. The maximum atomic E-state index is 5.21. The van der Waals surface area contributed by atoms with Gasteiger partial charge < -0.3 is 15.2 Å². The SMILES string of the molecule is CCCNc1ncnc(NCc2cc(C)no2)c1CCC. The molecular formula is C15H23N5O. The van der Waals surface area contributed by atoms with Crippen molar-refractivity contribution in [2.75, 3.05) is 17.2 Å². The standard InChI is InChI=1S/C15H23N5O/c1-4-6-13-14(16-7-5-2)18-10-19-15(13)17-9-12-8-11(3)20-21-12/h8,10H,4-7,9H2,1-3H3,(H2,16,17,18,19). The molecular weight excluding hydrogens is 266 g/mol. The summed E-state index contributed by atoms with van der Waals surface area (Å²) in [6, 6.07) is 1.92. The number of hydrogen-bond acceptors (Lipinski definition) is 6. The van der Waals surface area contributed by atoms with Crippen molar-refractivity contribution < 1.29 is 4.52 Å². The molecule has 0 fully saturated rings. The summed E-state index contributed by atoms with van der Waals surface area (Å²) in [5, 5.41) is 10.6. The smallest absolute Gasteiger partial charge is 0.156 e. The zero-order valence-electron chi connectivity index (χ0n) is 12.9. The predicted molar refractivity (Wildman–Crippen MR) is 83.4 cm³/mol. The number of aryl methyl sites for hydroxylation is 1. The van der Waals surface area contributed by atoms with E-state index < -0.39 is 0 Å². The quantitative estimate of drug-likeness (QED) is 0.777. The Bertz CT molecular complexity index is 567. The van der Waals surface area contributed by atoms with Crippen LogP contribution in [0.5, 0.6) is 0 Å². The van der Waals surface area contributed by atoms with E-state index in [1.54, 1.807) is 6.33 Å². The van der Waals surface area contributed by atoms with Crippen molar-refractivity contribution in [3.05, 3.63) is 29.4 Å². The molecule has 2 heterocycles. The first kappa shape index (κ1) is 15.3. The Balaban J connectivity index is 2.12. The zero-order valence-corrected chi connectivity index (χ0v) is 12.9. The molecule has 0 unspecified atom stereocenters. The molecule has 0 aromatic carbocycles. The molecule has 0 aliphatic heterocycles. The predicted octanol–water partition coefficient (Wildman–Crippen LogP) is 3.16. The summed E-state index contributed by atoms with van der Waals surface area (Å²) in [5.41, 5.74) is 2.01. The molecule has 0 aliphatic rings. The number of nitrogens with one attached hydrogen (secondary N) is 2. The summed E-state index contributed by atoms with van der Waals surface area (Å²) >= 11 is 0. The average molecular weight is 289 g/mol. The van der Waals surface area contributed by atoms with Gasteiger partial charge in [-0.25, -0.2) is 9.97 Å². The van der Waals surface area contributed by atoms with Crippen molar-refractivity contribution in [2.24, 2.45) is 0 Å². The molecule has 2 N–H and O–H groups in total. The molecule has 0 amide bonds. The minimum Gasteiger partial charge on any atom is -0.370 e. The molecule has 0 saturated heterocycles. The first-order chi connectivity index (χ1) is 10.2. The number of rotatable bonds is 8. The maximum Gasteiger partial charge on any atom is 0.156 e. The molecule has 21 heavy (non-hydrogen) atoms. The third-order valence-electron chi connectivity index (χ3n) is 3.09. The molecule has 6 nitrogen and oxygen atoms in total. The van der Waals surface area contributed by atoms with Crippen LogP contribution in [0.15, 0.2) is 16.9 Å². The van der Waals surface area contributed by atoms with Crippen LogP contribution >= 0.6 is 0 Å². The van der Waals surface area contributed by atoms with Crippen LogP contribution in [-0.4, -0.2) is 21.7 Å². The van der Waals surface area contributed by atoms with Crippen LogP contribution < -0.4 is 10.6 Å². The van der Waals surface area contributed by atoms with Gasteiger partial charge in [0.15, 0.2) is 5.76 Å². The van der Waals surface area contributed by atoms with Crippen molar-refractivity contribution in [3.8, 4) is 0 Å². The average Bonchev–Trinajstić information content (AvgIpc) is 2.90. The highest BCUT2D eigenvalue weighted by atomic mass is 16.5. The van der Waals surface area contributed by atoms with Gasteiger partial charge in [0, 0.05) is 18.2 Å². The zero-order chi connectivity index (χ0) is 15.1. The van der Waals surface area contributed by atoms with Gasteiger partial charge in [-0.1, -0.05) is 25.4 Å². The Morgan fingerprint density at radius 1 is 1.10 bits per heavy atom. The second-order valence-electron chi connectivity index (χ2n) is 5.01. The van der Waals surface area contributed by atoms with Crippen LogP contribution in [0.3, 0.4) is 0 Å². The molecule has 2 rings (SSSR count). The lowest BCUT2D eigenvalue weighted by atomic mass is 10.1. The van der Waals surface area contributed by atoms with E-state index in [-0.39, 0.29) is 0 Å². The molecule has 114 valence electrons. The molecule has 2 aromatic heterocycles. The number of anilines is 2. The molecule has 0 radical (unpaired) electrons. The van der Waals surface area contributed by atoms with Crippen molar-refractivity contribution >= 4 is 11.6 Å². The maximum absolute atomic E-state index is 5.21. The third-order valence-corrected chi connectivity index (χ3v) is 3.09. The van der Waals surface area contributed by atoms with Gasteiger partial charge in [-0.2, -0.15) is 0 Å². The van der Waals surface area contributed by atoms with Gasteiger partial charge in [0.2, 0.25) is 0 Å². The molecule has 0 spiro atoms. The number of nitrogens with zero attached hydrogens (tertiary/aromatic N) is 3. The van der Waals surface area contributed by atoms with Crippen LogP contribution in [0.4, 0.5) is 11.6 Å². The monoisotopic (exact) mass is 289 g/mol. The molecule has 0 aliphatic carbocycles. The van der Waals surface area contributed by atoms with Gasteiger partial charge in [-0.05, 0) is 19.8 Å². The van der Waals surface area contributed by atoms with E-state index in [2.05, 4.69) is 39.6 Å². The lowest BCUT2D eigenvalue weighted by Crippen LogP contribution is -2.10. The van der Waals surface area contributed by atoms with Crippen molar-refractivity contribution in [2.45, 2.75) is 46.6 Å². The second-order valence-corrected chi connectivity index (χ2v) is 5.01. The van der Waals surface area contributed by atoms with E-state index in [1.165, 1.54) is 0 Å². The Hall–Kier alpha value is -2.11. The number of hydrogen-bond donors (Lipinski definition) is 2. The van der Waals surface area contributed by atoms with E-state index >= 15 is 0 Å². The fourth-order valence-electron chi connectivity index (χ4n) is 2.12. The lowest BCUT2D eigenvalue weighted by Gasteiger charge is -2.14. The summed E-state index contributed by atoms with van der Waals surface area (Å²) in [4.78, 5) is 8.72. The minimum absolute atomic E-state index is 0.571. The van der Waals surface area contributed by atoms with E-state index in [4.69, 9.17) is 4.52 Å². The van der Waals surface area contributed by atoms with Crippen LogP contribution in [0, 0.1) is 6.92 Å². The Kier molecular flexibility index (Phi) is 5.54.